The maximum Gasteiger partial charge on any atom is 0.205 e. The third-order valence-electron chi connectivity index (χ3n) is 2.81. The molecule has 1 aliphatic rings. The van der Waals surface area contributed by atoms with Gasteiger partial charge in [0.05, 0.1) is 16.2 Å². The van der Waals surface area contributed by atoms with Crippen LogP contribution in [0.25, 0.3) is 0 Å². The van der Waals surface area contributed by atoms with Gasteiger partial charge in [0, 0.05) is 5.56 Å². The molecular weight excluding hydrogens is 284 g/mol. The van der Waals surface area contributed by atoms with Crippen LogP contribution in [0.1, 0.15) is 5.56 Å². The highest BCUT2D eigenvalue weighted by Crippen LogP contribution is 2.29. The van der Waals surface area contributed by atoms with Gasteiger partial charge in [-0.1, -0.05) is 48.3 Å². The summed E-state index contributed by atoms with van der Waals surface area (Å²) < 4.78 is 0. The summed E-state index contributed by atoms with van der Waals surface area (Å²) in [4.78, 5) is 8.25. The molecule has 2 rings (SSSR count). The van der Waals surface area contributed by atoms with Crippen molar-refractivity contribution >= 4 is 34.8 Å². The summed E-state index contributed by atoms with van der Waals surface area (Å²) in [6.07, 6.45) is 7.46. The van der Waals surface area contributed by atoms with Gasteiger partial charge in [-0.3, -0.25) is 0 Å². The second-order valence-corrected chi connectivity index (χ2v) is 4.41. The number of rotatable bonds is 2. The number of hydrogen-bond acceptors (Lipinski definition) is 4. The highest BCUT2D eigenvalue weighted by molar-refractivity contribution is 7.78. The molecule has 1 aromatic carbocycles. The van der Waals surface area contributed by atoms with Crippen molar-refractivity contribution in [2.45, 2.75) is 5.66 Å². The van der Waals surface area contributed by atoms with E-state index in [-0.39, 0.29) is 5.92 Å². The van der Waals surface area contributed by atoms with E-state index in [4.69, 9.17) is 24.4 Å². The highest BCUT2D eigenvalue weighted by Gasteiger charge is 2.34. The number of thiocarbonyl (C=S) groups is 2. The van der Waals surface area contributed by atoms with E-state index >= 15 is 0 Å². The van der Waals surface area contributed by atoms with Gasteiger partial charge < -0.3 is 0 Å². The zero-order chi connectivity index (χ0) is 14.3. The van der Waals surface area contributed by atoms with Crippen molar-refractivity contribution in [3.05, 3.63) is 60.2 Å². The Morgan fingerprint density at radius 1 is 1.00 bits per heavy atom. The van der Waals surface area contributed by atoms with Crippen LogP contribution in [-0.4, -0.2) is 16.0 Å². The number of isothiocyanates is 2. The lowest BCUT2D eigenvalue weighted by Crippen LogP contribution is -2.31. The summed E-state index contributed by atoms with van der Waals surface area (Å²) in [6, 6.07) is 9.73. The molecular formula is C16H10N2S2. The van der Waals surface area contributed by atoms with Crippen LogP contribution in [0.15, 0.2) is 64.6 Å². The summed E-state index contributed by atoms with van der Waals surface area (Å²) in [5, 5.41) is 4.73. The molecule has 2 nitrogen and oxygen atoms in total. The summed E-state index contributed by atoms with van der Waals surface area (Å²) in [7, 11) is 0. The van der Waals surface area contributed by atoms with Crippen LogP contribution in [0.3, 0.4) is 0 Å². The summed E-state index contributed by atoms with van der Waals surface area (Å²) in [5.41, 5.74) is -0.0120. The smallest absolute Gasteiger partial charge is 0.195 e. The molecule has 0 fully saturated rings. The quantitative estimate of drug-likeness (QED) is 0.472. The van der Waals surface area contributed by atoms with E-state index < -0.39 is 5.66 Å². The molecule has 1 unspecified atom stereocenters. The average molecular weight is 294 g/mol. The van der Waals surface area contributed by atoms with Crippen LogP contribution in [0, 0.1) is 17.8 Å². The largest absolute Gasteiger partial charge is 0.205 e. The van der Waals surface area contributed by atoms with E-state index in [0.717, 1.165) is 5.56 Å². The van der Waals surface area contributed by atoms with Crippen LogP contribution in [0.2, 0.25) is 0 Å². The monoisotopic (exact) mass is 294 g/mol. The van der Waals surface area contributed by atoms with Gasteiger partial charge in [0.15, 0.2) is 0 Å². The van der Waals surface area contributed by atoms with Crippen molar-refractivity contribution in [3.8, 4) is 11.8 Å². The van der Waals surface area contributed by atoms with Crippen molar-refractivity contribution in [1.29, 1.82) is 0 Å². The number of hydrogen-bond donors (Lipinski definition) is 0. The molecule has 0 saturated carbocycles. The van der Waals surface area contributed by atoms with Crippen molar-refractivity contribution in [1.82, 2.24) is 0 Å². The van der Waals surface area contributed by atoms with Gasteiger partial charge in [0.25, 0.3) is 0 Å². The van der Waals surface area contributed by atoms with Gasteiger partial charge in [-0.2, -0.15) is 9.98 Å². The maximum absolute atomic E-state index is 4.70. The minimum absolute atomic E-state index is 0.251. The lowest BCUT2D eigenvalue weighted by molar-refractivity contribution is 0.493. The molecule has 1 aliphatic carbocycles. The predicted octanol–water partition coefficient (Wildman–Crippen LogP) is 3.68. The highest BCUT2D eigenvalue weighted by atomic mass is 32.1. The van der Waals surface area contributed by atoms with E-state index in [0.29, 0.717) is 0 Å². The van der Waals surface area contributed by atoms with Crippen LogP contribution in [0.4, 0.5) is 0 Å². The first-order chi connectivity index (χ1) is 9.80. The van der Waals surface area contributed by atoms with Crippen LogP contribution < -0.4 is 0 Å². The summed E-state index contributed by atoms with van der Waals surface area (Å²) in [5.74, 6) is 6.01. The third kappa shape index (κ3) is 3.24. The first-order valence-corrected chi connectivity index (χ1v) is 6.73. The molecule has 0 amide bonds. The second-order valence-electron chi connectivity index (χ2n) is 4.05. The molecule has 1 atom stereocenters. The fourth-order valence-corrected chi connectivity index (χ4v) is 2.13. The molecule has 96 valence electrons. The van der Waals surface area contributed by atoms with Gasteiger partial charge in [0.1, 0.15) is 0 Å². The minimum atomic E-state index is -0.944. The molecule has 0 heterocycles. The van der Waals surface area contributed by atoms with E-state index in [1.807, 2.05) is 48.6 Å². The van der Waals surface area contributed by atoms with Crippen molar-refractivity contribution in [2.24, 2.45) is 15.9 Å². The van der Waals surface area contributed by atoms with Crippen LogP contribution in [-0.2, 0) is 0 Å². The van der Waals surface area contributed by atoms with E-state index in [9.17, 15) is 0 Å². The zero-order valence-corrected chi connectivity index (χ0v) is 12.1. The molecule has 0 radical (unpaired) electrons. The predicted molar refractivity (Wildman–Crippen MR) is 87.9 cm³/mol. The van der Waals surface area contributed by atoms with Gasteiger partial charge in [-0.25, -0.2) is 0 Å². The Hall–Kier alpha value is -2.14. The molecule has 0 aromatic heterocycles. The summed E-state index contributed by atoms with van der Waals surface area (Å²) >= 11 is 9.41. The Labute approximate surface area is 128 Å². The van der Waals surface area contributed by atoms with Crippen LogP contribution >= 0.6 is 24.4 Å². The summed E-state index contributed by atoms with van der Waals surface area (Å²) in [6.45, 7) is 0. The molecule has 0 N–H and O–H groups in total. The fourth-order valence-electron chi connectivity index (χ4n) is 1.84. The molecule has 0 spiro atoms. The third-order valence-corrected chi connectivity index (χ3v) is 2.99. The Kier molecular flexibility index (Phi) is 4.90. The molecule has 4 heteroatoms. The van der Waals surface area contributed by atoms with Gasteiger partial charge in [0.2, 0.25) is 5.66 Å². The lowest BCUT2D eigenvalue weighted by atomic mass is 9.89. The molecule has 20 heavy (non-hydrogen) atoms. The fraction of sp³-hybridized carbons (Fsp3) is 0.125. The number of aliphatic imine (C=N–C) groups is 2. The van der Waals surface area contributed by atoms with E-state index in [1.165, 1.54) is 0 Å². The zero-order valence-electron chi connectivity index (χ0n) is 10.5. The van der Waals surface area contributed by atoms with Crippen LogP contribution in [0.5, 0.6) is 0 Å². The Bertz CT molecular complexity index is 677. The molecule has 0 bridgehead atoms. The Morgan fingerprint density at radius 3 is 2.35 bits per heavy atom. The lowest BCUT2D eigenvalue weighted by Gasteiger charge is -2.25. The van der Waals surface area contributed by atoms with Gasteiger partial charge >= 0.3 is 0 Å². The number of allylic oxidation sites excluding steroid dienone is 2. The standard InChI is InChI=1S/C16H10N2S2/c19-12-17-16(18-13-20)11-5-4-8-15(16)10-9-14-6-2-1-3-7-14/h1-8,11,15H. The van der Waals surface area contributed by atoms with Crippen molar-refractivity contribution in [3.63, 3.8) is 0 Å². The maximum atomic E-state index is 4.70. The van der Waals surface area contributed by atoms with Gasteiger partial charge in [-0.15, -0.1) is 0 Å². The van der Waals surface area contributed by atoms with Gasteiger partial charge in [-0.05, 0) is 42.6 Å². The van der Waals surface area contributed by atoms with Crippen molar-refractivity contribution in [2.75, 3.05) is 0 Å². The first kappa shape index (κ1) is 14.3. The number of nitrogens with zero attached hydrogens (tertiary/aromatic N) is 2. The molecule has 0 saturated heterocycles. The Balaban J connectivity index is 2.41. The van der Waals surface area contributed by atoms with E-state index in [2.05, 4.69) is 32.1 Å². The molecule has 0 aliphatic heterocycles. The normalized spacial score (nSPS) is 22.9. The second kappa shape index (κ2) is 6.86. The topological polar surface area (TPSA) is 24.7 Å². The van der Waals surface area contributed by atoms with Crippen molar-refractivity contribution < 1.29 is 0 Å². The number of benzene rings is 1. The SMILES string of the molecule is S=C=NC1(N=C=S)C=CC=CC1C#Cc1ccccc1. The minimum Gasteiger partial charge on any atom is -0.195 e. The first-order valence-electron chi connectivity index (χ1n) is 5.91. The van der Waals surface area contributed by atoms with E-state index in [1.54, 1.807) is 6.08 Å². The average Bonchev–Trinajstić information content (AvgIpc) is 2.48. The Morgan fingerprint density at radius 2 is 1.70 bits per heavy atom. The molecule has 1 aromatic rings.